The summed E-state index contributed by atoms with van der Waals surface area (Å²) in [5.41, 5.74) is 4.84. The number of pyridine rings is 1. The van der Waals surface area contributed by atoms with Crippen molar-refractivity contribution in [1.29, 1.82) is 0 Å². The second kappa shape index (κ2) is 9.07. The lowest BCUT2D eigenvalue weighted by molar-refractivity contribution is -0.122. The minimum absolute atomic E-state index is 0.377. The number of urea groups is 1. The number of benzene rings is 1. The monoisotopic (exact) mass is 459 g/mol. The Balaban J connectivity index is 1.55. The average Bonchev–Trinajstić information content (AvgIpc) is 3.05. The lowest BCUT2D eigenvalue weighted by atomic mass is 10.1. The number of imidazole rings is 1. The van der Waals surface area contributed by atoms with Crippen LogP contribution >= 0.6 is 11.9 Å². The van der Waals surface area contributed by atoms with Gasteiger partial charge in [-0.05, 0) is 49.6 Å². The van der Waals surface area contributed by atoms with Gasteiger partial charge in [-0.2, -0.15) is 13.2 Å². The number of rotatable bonds is 4. The van der Waals surface area contributed by atoms with Gasteiger partial charge in [-0.15, -0.1) is 0 Å². The highest BCUT2D eigenvalue weighted by molar-refractivity contribution is 8.07. The van der Waals surface area contributed by atoms with Crippen molar-refractivity contribution >= 4 is 39.9 Å². The van der Waals surface area contributed by atoms with Gasteiger partial charge in [0.05, 0.1) is 11.9 Å². The van der Waals surface area contributed by atoms with E-state index in [0.717, 1.165) is 45.9 Å². The summed E-state index contributed by atoms with van der Waals surface area (Å²) in [6, 6.07) is 9.93. The van der Waals surface area contributed by atoms with E-state index in [1.165, 1.54) is 11.9 Å². The number of aromatic nitrogens is 2. The molecule has 2 N–H and O–H groups in total. The Labute approximate surface area is 186 Å². The van der Waals surface area contributed by atoms with Gasteiger partial charge in [0.15, 0.2) is 0 Å². The van der Waals surface area contributed by atoms with Crippen molar-refractivity contribution in [2.75, 3.05) is 11.9 Å². The molecule has 1 aliphatic rings. The predicted octanol–water partition coefficient (Wildman–Crippen LogP) is 5.93. The van der Waals surface area contributed by atoms with E-state index in [1.54, 1.807) is 29.7 Å². The first-order valence-corrected chi connectivity index (χ1v) is 10.7. The van der Waals surface area contributed by atoms with Crippen molar-refractivity contribution in [3.05, 3.63) is 60.4 Å². The van der Waals surface area contributed by atoms with E-state index in [0.29, 0.717) is 5.69 Å². The molecule has 0 atom stereocenters. The zero-order valence-corrected chi connectivity index (χ0v) is 17.9. The lowest BCUT2D eigenvalue weighted by Crippen LogP contribution is -2.36. The summed E-state index contributed by atoms with van der Waals surface area (Å²) in [7, 11) is 0. The van der Waals surface area contributed by atoms with Gasteiger partial charge in [0.25, 0.3) is 0 Å². The van der Waals surface area contributed by atoms with E-state index in [9.17, 15) is 18.0 Å². The zero-order valence-electron chi connectivity index (χ0n) is 17.1. The number of anilines is 1. The Morgan fingerprint density at radius 3 is 2.88 bits per heavy atom. The highest BCUT2D eigenvalue weighted by Gasteiger charge is 2.27. The summed E-state index contributed by atoms with van der Waals surface area (Å²) >= 11 is 1.47. The molecule has 0 spiro atoms. The standard InChI is InChI=1S/C22H20F3N5OS/c1-14-4-2-7-19(32-29-14)16-8-9-30-18(12-26-20(30)11-16)15-5-3-6-17(10-15)28-21(31)27-13-22(23,24)25/h3,5-12H,2,4,13H2,1H3,(H2,27,28,31). The molecule has 10 heteroatoms. The maximum Gasteiger partial charge on any atom is 0.405 e. The molecule has 4 rings (SSSR count). The molecule has 2 amide bonds. The third kappa shape index (κ3) is 5.31. The number of carbonyl (C=O) groups excluding carboxylic acids is 1. The third-order valence-corrected chi connectivity index (χ3v) is 5.80. The first-order valence-electron chi connectivity index (χ1n) is 9.89. The molecule has 0 bridgehead atoms. The third-order valence-electron chi connectivity index (χ3n) is 4.80. The van der Waals surface area contributed by atoms with Gasteiger partial charge in [0.1, 0.15) is 12.2 Å². The Morgan fingerprint density at radius 2 is 2.06 bits per heavy atom. The van der Waals surface area contributed by atoms with Crippen LogP contribution in [0.4, 0.5) is 23.7 Å². The van der Waals surface area contributed by atoms with Gasteiger partial charge in [-0.25, -0.2) is 14.2 Å². The number of allylic oxidation sites excluding steroid dienone is 1. The van der Waals surface area contributed by atoms with E-state index in [4.69, 9.17) is 0 Å². The predicted molar refractivity (Wildman–Crippen MR) is 122 cm³/mol. The van der Waals surface area contributed by atoms with Crippen LogP contribution in [0.2, 0.25) is 0 Å². The van der Waals surface area contributed by atoms with Gasteiger partial charge in [0, 0.05) is 40.0 Å². The number of halogens is 3. The topological polar surface area (TPSA) is 70.8 Å². The van der Waals surface area contributed by atoms with E-state index < -0.39 is 18.8 Å². The summed E-state index contributed by atoms with van der Waals surface area (Å²) in [6.45, 7) is 0.629. The lowest BCUT2D eigenvalue weighted by Gasteiger charge is -2.11. The number of carbonyl (C=O) groups is 1. The second-order valence-corrected chi connectivity index (χ2v) is 8.12. The smallest absolute Gasteiger partial charge is 0.329 e. The molecule has 1 aromatic carbocycles. The van der Waals surface area contributed by atoms with Gasteiger partial charge in [0.2, 0.25) is 0 Å². The summed E-state index contributed by atoms with van der Waals surface area (Å²) in [5, 5.41) is 4.21. The Bertz CT molecular complexity index is 1220. The van der Waals surface area contributed by atoms with Crippen molar-refractivity contribution < 1.29 is 18.0 Å². The van der Waals surface area contributed by atoms with Crippen molar-refractivity contribution in [1.82, 2.24) is 14.7 Å². The first-order chi connectivity index (χ1) is 15.3. The van der Waals surface area contributed by atoms with Gasteiger partial charge in [-0.1, -0.05) is 18.2 Å². The first kappa shape index (κ1) is 21.9. The van der Waals surface area contributed by atoms with Crippen LogP contribution in [0, 0.1) is 0 Å². The van der Waals surface area contributed by atoms with Crippen LogP contribution in [-0.2, 0) is 0 Å². The highest BCUT2D eigenvalue weighted by Crippen LogP contribution is 2.33. The second-order valence-electron chi connectivity index (χ2n) is 7.32. The minimum atomic E-state index is -4.47. The maximum absolute atomic E-state index is 12.3. The van der Waals surface area contributed by atoms with Crippen LogP contribution in [0.25, 0.3) is 21.8 Å². The molecule has 3 heterocycles. The van der Waals surface area contributed by atoms with E-state index in [-0.39, 0.29) is 0 Å². The Hall–Kier alpha value is -3.27. The van der Waals surface area contributed by atoms with E-state index >= 15 is 0 Å². The molecule has 3 aromatic rings. The molecule has 166 valence electrons. The maximum atomic E-state index is 12.3. The molecule has 32 heavy (non-hydrogen) atoms. The number of hydrogen-bond donors (Lipinski definition) is 2. The Kier molecular flexibility index (Phi) is 6.22. The summed E-state index contributed by atoms with van der Waals surface area (Å²) < 4.78 is 43.3. The number of alkyl halides is 3. The van der Waals surface area contributed by atoms with Gasteiger partial charge in [-0.3, -0.25) is 4.40 Å². The molecule has 0 saturated heterocycles. The van der Waals surface area contributed by atoms with Crippen LogP contribution in [0.15, 0.2) is 59.3 Å². The number of nitrogens with one attached hydrogen (secondary N) is 2. The molecule has 0 saturated carbocycles. The van der Waals surface area contributed by atoms with Gasteiger partial charge < -0.3 is 10.6 Å². The minimum Gasteiger partial charge on any atom is -0.329 e. The SMILES string of the molecule is CC1=NSC(c2ccn3c(-c4cccc(NC(=O)NCC(F)(F)F)c4)cnc3c2)=CCC1. The quantitative estimate of drug-likeness (QED) is 0.475. The molecule has 0 unspecified atom stereocenters. The molecule has 1 aliphatic heterocycles. The van der Waals surface area contributed by atoms with E-state index in [1.807, 2.05) is 35.7 Å². The molecule has 0 aliphatic carbocycles. The summed E-state index contributed by atoms with van der Waals surface area (Å²) in [4.78, 5) is 17.3. The number of nitrogens with zero attached hydrogens (tertiary/aromatic N) is 3. The highest BCUT2D eigenvalue weighted by atomic mass is 32.2. The van der Waals surface area contributed by atoms with Crippen molar-refractivity contribution in [3.8, 4) is 11.3 Å². The Morgan fingerprint density at radius 1 is 1.22 bits per heavy atom. The molecular weight excluding hydrogens is 439 g/mol. The molecule has 0 fully saturated rings. The van der Waals surface area contributed by atoms with Crippen molar-refractivity contribution in [2.24, 2.45) is 4.40 Å². The molecule has 6 nitrogen and oxygen atoms in total. The number of hydrogen-bond acceptors (Lipinski definition) is 4. The van der Waals surface area contributed by atoms with Crippen LogP contribution in [0.3, 0.4) is 0 Å². The number of fused-ring (bicyclic) bond motifs is 1. The fourth-order valence-corrected chi connectivity index (χ4v) is 4.02. The summed E-state index contributed by atoms with van der Waals surface area (Å²) in [6.07, 6.45) is 3.25. The van der Waals surface area contributed by atoms with E-state index in [2.05, 4.69) is 20.8 Å². The van der Waals surface area contributed by atoms with Crippen molar-refractivity contribution in [3.63, 3.8) is 0 Å². The van der Waals surface area contributed by atoms with Gasteiger partial charge >= 0.3 is 12.2 Å². The van der Waals surface area contributed by atoms with Crippen LogP contribution in [0.1, 0.15) is 25.3 Å². The molecular formula is C22H20F3N5OS. The average molecular weight is 459 g/mol. The normalized spacial score (nSPS) is 14.5. The molecule has 2 aromatic heterocycles. The fraction of sp³-hybridized carbons (Fsp3) is 0.227. The zero-order chi connectivity index (χ0) is 22.7. The fourth-order valence-electron chi connectivity index (χ4n) is 3.25. The molecule has 0 radical (unpaired) electrons. The van der Waals surface area contributed by atoms with Crippen LogP contribution in [-0.4, -0.2) is 33.8 Å². The summed E-state index contributed by atoms with van der Waals surface area (Å²) in [5.74, 6) is 0. The largest absolute Gasteiger partial charge is 0.405 e. The van der Waals surface area contributed by atoms with Crippen molar-refractivity contribution in [2.45, 2.75) is 25.9 Å². The number of amides is 2. The van der Waals surface area contributed by atoms with Crippen LogP contribution < -0.4 is 10.6 Å². The van der Waals surface area contributed by atoms with Crippen LogP contribution in [0.5, 0.6) is 0 Å².